The fourth-order valence-corrected chi connectivity index (χ4v) is 3.43. The molecule has 31 heavy (non-hydrogen) atoms. The molecule has 0 saturated carbocycles. The Kier molecular flexibility index (Phi) is 5.10. The van der Waals surface area contributed by atoms with Crippen molar-refractivity contribution in [1.82, 2.24) is 0 Å². The number of para-hydroxylation sites is 1. The molecule has 0 fully saturated rings. The summed E-state index contributed by atoms with van der Waals surface area (Å²) in [5.41, 5.74) is 0.552. The molecule has 0 bridgehead atoms. The van der Waals surface area contributed by atoms with Crippen LogP contribution in [0.15, 0.2) is 60.9 Å². The molecule has 7 nitrogen and oxygen atoms in total. The molecular weight excluding hydrogens is 400 g/mol. The highest BCUT2D eigenvalue weighted by molar-refractivity contribution is 5.97. The van der Waals surface area contributed by atoms with Crippen molar-refractivity contribution in [2.24, 2.45) is 0 Å². The number of hydrogen-bond donors (Lipinski definition) is 0. The largest absolute Gasteiger partial charge is 0.493 e. The first-order valence-electron chi connectivity index (χ1n) is 9.66. The normalized spacial score (nSPS) is 12.1. The van der Waals surface area contributed by atoms with Crippen LogP contribution in [0.2, 0.25) is 0 Å². The number of benzene rings is 2. The summed E-state index contributed by atoms with van der Waals surface area (Å²) in [6.45, 7) is 4.81. The van der Waals surface area contributed by atoms with Gasteiger partial charge in [-0.1, -0.05) is 12.1 Å². The minimum Gasteiger partial charge on any atom is -0.493 e. The molecule has 1 atom stereocenters. The summed E-state index contributed by atoms with van der Waals surface area (Å²) in [6.07, 6.45) is -0.645. The third-order valence-corrected chi connectivity index (χ3v) is 5.22. The maximum Gasteiger partial charge on any atom is 0.344 e. The van der Waals surface area contributed by atoms with Crippen LogP contribution in [0.3, 0.4) is 0 Å². The lowest BCUT2D eigenvalue weighted by Crippen LogP contribution is -2.21. The van der Waals surface area contributed by atoms with Crippen molar-refractivity contribution in [3.05, 3.63) is 68.9 Å². The lowest BCUT2D eigenvalue weighted by molar-refractivity contribution is -0.122. The molecule has 7 heteroatoms. The second-order valence-electron chi connectivity index (χ2n) is 7.24. The van der Waals surface area contributed by atoms with E-state index < -0.39 is 17.4 Å². The number of hydrogen-bond acceptors (Lipinski definition) is 7. The van der Waals surface area contributed by atoms with Crippen molar-refractivity contribution < 1.29 is 23.1 Å². The Labute approximate surface area is 176 Å². The van der Waals surface area contributed by atoms with Gasteiger partial charge in [0.1, 0.15) is 11.3 Å². The summed E-state index contributed by atoms with van der Waals surface area (Å²) in [6, 6.07) is 11.6. The van der Waals surface area contributed by atoms with Crippen molar-refractivity contribution in [2.75, 3.05) is 7.11 Å². The van der Waals surface area contributed by atoms with Crippen LogP contribution < -0.4 is 20.7 Å². The molecule has 158 valence electrons. The van der Waals surface area contributed by atoms with Gasteiger partial charge in [0.2, 0.25) is 0 Å². The second-order valence-corrected chi connectivity index (χ2v) is 7.24. The van der Waals surface area contributed by atoms with Crippen molar-refractivity contribution >= 4 is 27.7 Å². The van der Waals surface area contributed by atoms with Gasteiger partial charge in [-0.3, -0.25) is 4.79 Å². The van der Waals surface area contributed by atoms with Gasteiger partial charge in [-0.2, -0.15) is 0 Å². The summed E-state index contributed by atoms with van der Waals surface area (Å²) >= 11 is 0. The first-order valence-corrected chi connectivity index (χ1v) is 9.66. The molecule has 0 aliphatic heterocycles. The van der Waals surface area contributed by atoms with Gasteiger partial charge in [0.25, 0.3) is 0 Å². The van der Waals surface area contributed by atoms with Gasteiger partial charge in [0.05, 0.1) is 12.7 Å². The maximum absolute atomic E-state index is 12.8. The number of carbonyl (C=O) groups is 1. The SMILES string of the molecule is COc1cccc2cc(-c3cc(=O)oc4c(C)c(O[C@@H](C)C(C)=O)ccc34)c(=O)oc12. The standard InChI is InChI=1S/C24H20O7/c1-12-19(29-14(3)13(2)25)9-8-16-17(11-21(26)30-22(12)16)18-10-15-6-5-7-20(28-4)23(15)31-24(18)27/h5-11,14H,1-4H3/t14-/m0/s1. The Morgan fingerprint density at radius 1 is 0.968 bits per heavy atom. The van der Waals surface area contributed by atoms with Crippen LogP contribution in [0, 0.1) is 6.92 Å². The Bertz CT molecular complexity index is 1440. The molecule has 0 spiro atoms. The Balaban J connectivity index is 1.96. The van der Waals surface area contributed by atoms with Gasteiger partial charge in [-0.05, 0) is 45.0 Å². The minimum absolute atomic E-state index is 0.126. The quantitative estimate of drug-likeness (QED) is 0.446. The van der Waals surface area contributed by atoms with Crippen LogP contribution >= 0.6 is 0 Å². The molecule has 0 radical (unpaired) electrons. The number of Topliss-reactive ketones (excluding diaryl/α,β-unsaturated/α-hetero) is 1. The molecular formula is C24H20O7. The third kappa shape index (κ3) is 3.59. The molecule has 4 aromatic rings. The first-order chi connectivity index (χ1) is 14.8. The number of methoxy groups -OCH3 is 1. The average Bonchev–Trinajstić information content (AvgIpc) is 2.74. The van der Waals surface area contributed by atoms with Gasteiger partial charge < -0.3 is 18.3 Å². The summed E-state index contributed by atoms with van der Waals surface area (Å²) in [5.74, 6) is 0.737. The number of fused-ring (bicyclic) bond motifs is 2. The van der Waals surface area contributed by atoms with Crippen LogP contribution in [0.5, 0.6) is 11.5 Å². The van der Waals surface area contributed by atoms with E-state index in [0.29, 0.717) is 39.0 Å². The highest BCUT2D eigenvalue weighted by Gasteiger charge is 2.19. The minimum atomic E-state index is -0.645. The molecule has 0 N–H and O–H groups in total. The molecule has 0 saturated heterocycles. The van der Waals surface area contributed by atoms with Crippen LogP contribution in [-0.2, 0) is 4.79 Å². The summed E-state index contributed by atoms with van der Waals surface area (Å²) in [4.78, 5) is 36.7. The van der Waals surface area contributed by atoms with Crippen LogP contribution in [0.25, 0.3) is 33.1 Å². The fraction of sp³-hybridized carbons (Fsp3) is 0.208. The highest BCUT2D eigenvalue weighted by atomic mass is 16.5. The number of aryl methyl sites for hydroxylation is 1. The van der Waals surface area contributed by atoms with Crippen molar-refractivity contribution in [1.29, 1.82) is 0 Å². The highest BCUT2D eigenvalue weighted by Crippen LogP contribution is 2.34. The summed E-state index contributed by atoms with van der Waals surface area (Å²) in [7, 11) is 1.49. The predicted octanol–water partition coefficient (Wildman–Crippen LogP) is 4.24. The van der Waals surface area contributed by atoms with E-state index >= 15 is 0 Å². The number of ether oxygens (including phenoxy) is 2. The molecule has 4 rings (SSSR count). The zero-order valence-electron chi connectivity index (χ0n) is 17.5. The molecule has 0 unspecified atom stereocenters. The van der Waals surface area contributed by atoms with Crippen LogP contribution in [-0.4, -0.2) is 19.0 Å². The molecule has 0 amide bonds. The van der Waals surface area contributed by atoms with Gasteiger partial charge in [-0.25, -0.2) is 9.59 Å². The lowest BCUT2D eigenvalue weighted by Gasteiger charge is -2.15. The fourth-order valence-electron chi connectivity index (χ4n) is 3.43. The van der Waals surface area contributed by atoms with E-state index in [-0.39, 0.29) is 16.9 Å². The number of rotatable bonds is 5. The Hall–Kier alpha value is -3.87. The average molecular weight is 420 g/mol. The van der Waals surface area contributed by atoms with E-state index in [1.165, 1.54) is 20.1 Å². The van der Waals surface area contributed by atoms with E-state index in [2.05, 4.69) is 0 Å². The van der Waals surface area contributed by atoms with Crippen molar-refractivity contribution in [2.45, 2.75) is 26.9 Å². The predicted molar refractivity (Wildman–Crippen MR) is 116 cm³/mol. The van der Waals surface area contributed by atoms with Crippen molar-refractivity contribution in [3.8, 4) is 22.6 Å². The zero-order chi connectivity index (χ0) is 22.3. The lowest BCUT2D eigenvalue weighted by atomic mass is 10.0. The molecule has 0 aliphatic rings. The van der Waals surface area contributed by atoms with Gasteiger partial charge in [0.15, 0.2) is 23.2 Å². The molecule has 0 aliphatic carbocycles. The smallest absolute Gasteiger partial charge is 0.344 e. The van der Waals surface area contributed by atoms with E-state index in [1.807, 2.05) is 0 Å². The van der Waals surface area contributed by atoms with Crippen LogP contribution in [0.4, 0.5) is 0 Å². The first kappa shape index (κ1) is 20.4. The zero-order valence-corrected chi connectivity index (χ0v) is 17.5. The Morgan fingerprint density at radius 3 is 2.45 bits per heavy atom. The molecule has 2 heterocycles. The van der Waals surface area contributed by atoms with Gasteiger partial charge >= 0.3 is 11.3 Å². The number of carbonyl (C=O) groups excluding carboxylic acids is 1. The number of ketones is 1. The van der Waals surface area contributed by atoms with E-state index in [9.17, 15) is 14.4 Å². The Morgan fingerprint density at radius 2 is 1.74 bits per heavy atom. The van der Waals surface area contributed by atoms with Crippen LogP contribution in [0.1, 0.15) is 19.4 Å². The summed E-state index contributed by atoms with van der Waals surface area (Å²) in [5, 5.41) is 1.21. The summed E-state index contributed by atoms with van der Waals surface area (Å²) < 4.78 is 21.9. The van der Waals surface area contributed by atoms with E-state index in [4.69, 9.17) is 18.3 Å². The van der Waals surface area contributed by atoms with E-state index in [0.717, 1.165) is 0 Å². The topological polar surface area (TPSA) is 96.0 Å². The monoisotopic (exact) mass is 420 g/mol. The van der Waals surface area contributed by atoms with E-state index in [1.54, 1.807) is 50.2 Å². The maximum atomic E-state index is 12.8. The van der Waals surface area contributed by atoms with Gasteiger partial charge in [-0.15, -0.1) is 0 Å². The molecule has 2 aromatic heterocycles. The second kappa shape index (κ2) is 7.75. The van der Waals surface area contributed by atoms with Crippen molar-refractivity contribution in [3.63, 3.8) is 0 Å². The molecule has 2 aromatic carbocycles. The third-order valence-electron chi connectivity index (χ3n) is 5.22. The van der Waals surface area contributed by atoms with Gasteiger partial charge in [0, 0.05) is 28.0 Å².